The molecule has 3 aromatic carbocycles. The Kier molecular flexibility index (Phi) is 8.58. The third-order valence-electron chi connectivity index (χ3n) is 4.18. The molecule has 170 valence electrons. The number of halogens is 4. The number of nitrogens with zero attached hydrogens (tertiary/aromatic N) is 1. The number of benzene rings is 3. The third-order valence-corrected chi connectivity index (χ3v) is 5.47. The zero-order valence-electron chi connectivity index (χ0n) is 17.1. The van der Waals surface area contributed by atoms with Gasteiger partial charge in [0.2, 0.25) is 0 Å². The summed E-state index contributed by atoms with van der Waals surface area (Å²) >= 11 is 23.7. The van der Waals surface area contributed by atoms with Gasteiger partial charge in [-0.1, -0.05) is 46.4 Å². The number of rotatable bonds is 7. The molecule has 3 rings (SSSR count). The van der Waals surface area contributed by atoms with E-state index in [0.717, 1.165) is 0 Å². The van der Waals surface area contributed by atoms with E-state index in [0.29, 0.717) is 33.5 Å². The van der Waals surface area contributed by atoms with Crippen molar-refractivity contribution in [2.75, 3.05) is 6.61 Å². The van der Waals surface area contributed by atoms with Crippen molar-refractivity contribution in [2.45, 2.75) is 6.92 Å². The van der Waals surface area contributed by atoms with E-state index in [1.54, 1.807) is 31.2 Å². The van der Waals surface area contributed by atoms with Crippen LogP contribution in [0.3, 0.4) is 0 Å². The average molecular weight is 526 g/mol. The van der Waals surface area contributed by atoms with Crippen molar-refractivity contribution in [1.29, 1.82) is 0 Å². The van der Waals surface area contributed by atoms with Gasteiger partial charge in [-0.15, -0.1) is 0 Å². The Bertz CT molecular complexity index is 1230. The van der Waals surface area contributed by atoms with Gasteiger partial charge in [0.25, 0.3) is 5.91 Å². The predicted octanol–water partition coefficient (Wildman–Crippen LogP) is 6.68. The average Bonchev–Trinajstić information content (AvgIpc) is 2.77. The van der Waals surface area contributed by atoms with Crippen LogP contribution in [0.25, 0.3) is 0 Å². The van der Waals surface area contributed by atoms with E-state index in [-0.39, 0.29) is 21.4 Å². The quantitative estimate of drug-likeness (QED) is 0.161. The fraction of sp³-hybridized carbons (Fsp3) is 0.0870. The molecule has 33 heavy (non-hydrogen) atoms. The Morgan fingerprint density at radius 3 is 2.39 bits per heavy atom. The van der Waals surface area contributed by atoms with E-state index >= 15 is 0 Å². The molecule has 0 bridgehead atoms. The second-order valence-corrected chi connectivity index (χ2v) is 8.14. The second kappa shape index (κ2) is 11.4. The highest BCUT2D eigenvalue weighted by molar-refractivity contribution is 6.42. The van der Waals surface area contributed by atoms with Gasteiger partial charge in [-0.3, -0.25) is 4.79 Å². The molecule has 10 heteroatoms. The molecule has 0 heterocycles. The van der Waals surface area contributed by atoms with Crippen molar-refractivity contribution in [3.05, 3.63) is 91.4 Å². The molecule has 6 nitrogen and oxygen atoms in total. The molecule has 0 aliphatic carbocycles. The molecule has 0 atom stereocenters. The molecule has 0 fully saturated rings. The standard InChI is InChI=1S/C23H16Cl4N2O4/c1-2-32-21-9-13(12-28-29-22(30)14-4-7-17(25)19(27)10-14)3-8-20(21)33-23(31)16-6-5-15(24)11-18(16)26/h3-12H,2H2,1H3,(H,29,30)/b28-12+. The Hall–Kier alpha value is -2.77. The molecule has 1 amide bonds. The SMILES string of the molecule is CCOc1cc(/C=N/NC(=O)c2ccc(Cl)c(Cl)c2)ccc1OC(=O)c1ccc(Cl)cc1Cl. The second-order valence-electron chi connectivity index (χ2n) is 6.48. The zero-order chi connectivity index (χ0) is 24.0. The van der Waals surface area contributed by atoms with Crippen LogP contribution in [-0.4, -0.2) is 24.7 Å². The van der Waals surface area contributed by atoms with Crippen LogP contribution in [0.4, 0.5) is 0 Å². The van der Waals surface area contributed by atoms with Gasteiger partial charge in [0, 0.05) is 10.6 Å². The Morgan fingerprint density at radius 1 is 0.909 bits per heavy atom. The van der Waals surface area contributed by atoms with Crippen molar-refractivity contribution in [1.82, 2.24) is 5.43 Å². The molecular weight excluding hydrogens is 510 g/mol. The van der Waals surface area contributed by atoms with Crippen molar-refractivity contribution in [2.24, 2.45) is 5.10 Å². The van der Waals surface area contributed by atoms with Crippen LogP contribution < -0.4 is 14.9 Å². The van der Waals surface area contributed by atoms with E-state index in [9.17, 15) is 9.59 Å². The molecule has 1 N–H and O–H groups in total. The first-order valence-corrected chi connectivity index (χ1v) is 11.0. The van der Waals surface area contributed by atoms with E-state index in [4.69, 9.17) is 55.9 Å². The predicted molar refractivity (Wildman–Crippen MR) is 131 cm³/mol. The maximum absolute atomic E-state index is 12.5. The highest BCUT2D eigenvalue weighted by atomic mass is 35.5. The summed E-state index contributed by atoms with van der Waals surface area (Å²) in [6, 6.07) is 13.8. The topological polar surface area (TPSA) is 77.0 Å². The number of esters is 1. The lowest BCUT2D eigenvalue weighted by Crippen LogP contribution is -2.17. The van der Waals surface area contributed by atoms with Crippen LogP contribution in [0.2, 0.25) is 20.1 Å². The first kappa shape index (κ1) is 24.9. The Balaban J connectivity index is 1.72. The van der Waals surface area contributed by atoms with Crippen LogP contribution in [0.15, 0.2) is 59.7 Å². The van der Waals surface area contributed by atoms with Crippen LogP contribution in [-0.2, 0) is 0 Å². The third kappa shape index (κ3) is 6.62. The fourth-order valence-electron chi connectivity index (χ4n) is 2.63. The summed E-state index contributed by atoms with van der Waals surface area (Å²) in [6.45, 7) is 2.13. The number of amides is 1. The number of hydrazone groups is 1. The summed E-state index contributed by atoms with van der Waals surface area (Å²) < 4.78 is 11.0. The van der Waals surface area contributed by atoms with Gasteiger partial charge in [-0.05, 0) is 67.1 Å². The molecule has 0 saturated carbocycles. The van der Waals surface area contributed by atoms with Gasteiger partial charge < -0.3 is 9.47 Å². The summed E-state index contributed by atoms with van der Waals surface area (Å²) in [7, 11) is 0. The van der Waals surface area contributed by atoms with Gasteiger partial charge in [0.15, 0.2) is 11.5 Å². The highest BCUT2D eigenvalue weighted by Gasteiger charge is 2.16. The molecule has 0 aliphatic heterocycles. The van der Waals surface area contributed by atoms with Crippen molar-refractivity contribution < 1.29 is 19.1 Å². The number of ether oxygens (including phenoxy) is 2. The monoisotopic (exact) mass is 524 g/mol. The van der Waals surface area contributed by atoms with E-state index in [1.165, 1.54) is 36.5 Å². The summed E-state index contributed by atoms with van der Waals surface area (Å²) in [5.41, 5.74) is 3.47. The maximum Gasteiger partial charge on any atom is 0.345 e. The van der Waals surface area contributed by atoms with Gasteiger partial charge >= 0.3 is 5.97 Å². The first-order chi connectivity index (χ1) is 15.8. The first-order valence-electron chi connectivity index (χ1n) is 9.51. The van der Waals surface area contributed by atoms with Crippen molar-refractivity contribution >= 4 is 64.5 Å². The van der Waals surface area contributed by atoms with E-state index in [1.807, 2.05) is 0 Å². The molecule has 0 aliphatic rings. The van der Waals surface area contributed by atoms with Crippen LogP contribution >= 0.6 is 46.4 Å². The molecular formula is C23H16Cl4N2O4. The lowest BCUT2D eigenvalue weighted by Gasteiger charge is -2.12. The van der Waals surface area contributed by atoms with Gasteiger partial charge in [-0.25, -0.2) is 10.2 Å². The molecule has 0 radical (unpaired) electrons. The Labute approximate surface area is 210 Å². The van der Waals surface area contributed by atoms with Gasteiger partial charge in [0.05, 0.1) is 33.5 Å². The number of hydrogen-bond donors (Lipinski definition) is 1. The van der Waals surface area contributed by atoms with Gasteiger partial charge in [-0.2, -0.15) is 5.10 Å². The maximum atomic E-state index is 12.5. The lowest BCUT2D eigenvalue weighted by molar-refractivity contribution is 0.0728. The molecule has 0 spiro atoms. The zero-order valence-corrected chi connectivity index (χ0v) is 20.1. The number of carbonyl (C=O) groups is 2. The Morgan fingerprint density at radius 2 is 1.70 bits per heavy atom. The summed E-state index contributed by atoms with van der Waals surface area (Å²) in [5.74, 6) is -0.603. The van der Waals surface area contributed by atoms with Crippen molar-refractivity contribution in [3.63, 3.8) is 0 Å². The smallest absolute Gasteiger partial charge is 0.345 e. The molecule has 3 aromatic rings. The van der Waals surface area contributed by atoms with Crippen molar-refractivity contribution in [3.8, 4) is 11.5 Å². The number of nitrogens with one attached hydrogen (secondary N) is 1. The lowest BCUT2D eigenvalue weighted by atomic mass is 10.2. The highest BCUT2D eigenvalue weighted by Crippen LogP contribution is 2.30. The molecule has 0 unspecified atom stereocenters. The largest absolute Gasteiger partial charge is 0.490 e. The number of hydrogen-bond acceptors (Lipinski definition) is 5. The minimum atomic E-state index is -0.659. The normalized spacial score (nSPS) is 10.8. The summed E-state index contributed by atoms with van der Waals surface area (Å²) in [4.78, 5) is 24.7. The summed E-state index contributed by atoms with van der Waals surface area (Å²) in [6.07, 6.45) is 1.42. The van der Waals surface area contributed by atoms with Crippen LogP contribution in [0.1, 0.15) is 33.2 Å². The van der Waals surface area contributed by atoms with Crippen LogP contribution in [0, 0.1) is 0 Å². The fourth-order valence-corrected chi connectivity index (χ4v) is 3.42. The molecule has 0 aromatic heterocycles. The van der Waals surface area contributed by atoms with E-state index in [2.05, 4.69) is 10.5 Å². The minimum absolute atomic E-state index is 0.166. The van der Waals surface area contributed by atoms with Crippen LogP contribution in [0.5, 0.6) is 11.5 Å². The van der Waals surface area contributed by atoms with Gasteiger partial charge in [0.1, 0.15) is 0 Å². The number of carbonyl (C=O) groups excluding carboxylic acids is 2. The minimum Gasteiger partial charge on any atom is -0.490 e. The molecule has 0 saturated heterocycles. The van der Waals surface area contributed by atoms with E-state index < -0.39 is 11.9 Å². The summed E-state index contributed by atoms with van der Waals surface area (Å²) in [5, 5.41) is 5.12.